The second-order valence-electron chi connectivity index (χ2n) is 4.24. The Labute approximate surface area is 111 Å². The van der Waals surface area contributed by atoms with E-state index >= 15 is 0 Å². The highest BCUT2D eigenvalue weighted by atomic mass is 35.5. The van der Waals surface area contributed by atoms with Crippen LogP contribution in [0.4, 0.5) is 0 Å². The maximum absolute atomic E-state index is 5.97. The van der Waals surface area contributed by atoms with Gasteiger partial charge in [0.15, 0.2) is 5.96 Å². The van der Waals surface area contributed by atoms with Crippen LogP contribution in [0.3, 0.4) is 0 Å². The Hall–Kier alpha value is -0.740. The van der Waals surface area contributed by atoms with Crippen LogP contribution in [0.5, 0.6) is 0 Å². The van der Waals surface area contributed by atoms with E-state index in [0.717, 1.165) is 30.4 Å². The van der Waals surface area contributed by atoms with Crippen molar-refractivity contribution >= 4 is 28.9 Å². The van der Waals surface area contributed by atoms with Gasteiger partial charge in [0, 0.05) is 30.9 Å². The molecule has 0 spiro atoms. The molecule has 1 aliphatic heterocycles. The van der Waals surface area contributed by atoms with Crippen LogP contribution in [-0.4, -0.2) is 30.5 Å². The number of nitrogens with zero attached hydrogens (tertiary/aromatic N) is 2. The van der Waals surface area contributed by atoms with E-state index < -0.39 is 0 Å². The highest BCUT2D eigenvalue weighted by Gasteiger charge is 2.11. The third kappa shape index (κ3) is 3.89. The number of halogens is 1. The van der Waals surface area contributed by atoms with Crippen LogP contribution in [0.25, 0.3) is 0 Å². The SMILES string of the molecule is NC(=NCCc1ccc(Cl)s1)N1CCCCC1. The summed E-state index contributed by atoms with van der Waals surface area (Å²) >= 11 is 7.49. The summed E-state index contributed by atoms with van der Waals surface area (Å²) in [5.74, 6) is 0.701. The largest absolute Gasteiger partial charge is 0.370 e. The zero-order chi connectivity index (χ0) is 12.1. The van der Waals surface area contributed by atoms with Crippen LogP contribution in [0.15, 0.2) is 17.1 Å². The Morgan fingerprint density at radius 3 is 2.76 bits per heavy atom. The molecule has 0 bridgehead atoms. The summed E-state index contributed by atoms with van der Waals surface area (Å²) in [4.78, 5) is 7.89. The molecule has 0 atom stereocenters. The lowest BCUT2D eigenvalue weighted by Gasteiger charge is -2.27. The van der Waals surface area contributed by atoms with Crippen LogP contribution in [0, 0.1) is 0 Å². The van der Waals surface area contributed by atoms with Crippen LogP contribution in [-0.2, 0) is 6.42 Å². The maximum atomic E-state index is 5.97. The number of rotatable bonds is 3. The number of likely N-dealkylation sites (tertiary alicyclic amines) is 1. The number of piperidine rings is 1. The van der Waals surface area contributed by atoms with Gasteiger partial charge in [-0.3, -0.25) is 4.99 Å². The van der Waals surface area contributed by atoms with Gasteiger partial charge in [-0.2, -0.15) is 0 Å². The van der Waals surface area contributed by atoms with E-state index in [-0.39, 0.29) is 0 Å². The van der Waals surface area contributed by atoms with Crippen LogP contribution < -0.4 is 5.73 Å². The molecule has 0 aliphatic carbocycles. The molecule has 1 aromatic rings. The zero-order valence-corrected chi connectivity index (χ0v) is 11.4. The predicted molar refractivity (Wildman–Crippen MR) is 74.9 cm³/mol. The molecule has 1 fully saturated rings. The lowest BCUT2D eigenvalue weighted by molar-refractivity contribution is 0.338. The average molecular weight is 272 g/mol. The molecule has 94 valence electrons. The molecule has 0 saturated carbocycles. The summed E-state index contributed by atoms with van der Waals surface area (Å²) in [6.07, 6.45) is 4.71. The molecule has 2 heterocycles. The Bertz CT molecular complexity index is 383. The molecular weight excluding hydrogens is 254 g/mol. The first-order chi connectivity index (χ1) is 8.25. The van der Waals surface area contributed by atoms with Crippen LogP contribution in [0.1, 0.15) is 24.1 Å². The van der Waals surface area contributed by atoms with Crippen molar-refractivity contribution in [1.82, 2.24) is 4.90 Å². The van der Waals surface area contributed by atoms with E-state index in [2.05, 4.69) is 16.0 Å². The number of thiophene rings is 1. The van der Waals surface area contributed by atoms with Crippen molar-refractivity contribution in [2.45, 2.75) is 25.7 Å². The van der Waals surface area contributed by atoms with Gasteiger partial charge in [-0.1, -0.05) is 11.6 Å². The molecule has 1 aromatic heterocycles. The van der Waals surface area contributed by atoms with E-state index in [0.29, 0.717) is 5.96 Å². The topological polar surface area (TPSA) is 41.6 Å². The quantitative estimate of drug-likeness (QED) is 0.678. The summed E-state index contributed by atoms with van der Waals surface area (Å²) in [5, 5.41) is 0. The van der Waals surface area contributed by atoms with Gasteiger partial charge >= 0.3 is 0 Å². The summed E-state index contributed by atoms with van der Waals surface area (Å²) in [5.41, 5.74) is 5.97. The second-order valence-corrected chi connectivity index (χ2v) is 6.04. The van der Waals surface area contributed by atoms with Gasteiger partial charge in [0.1, 0.15) is 0 Å². The second kappa shape index (κ2) is 6.26. The molecule has 1 saturated heterocycles. The molecule has 0 unspecified atom stereocenters. The third-order valence-electron chi connectivity index (χ3n) is 2.94. The van der Waals surface area contributed by atoms with Crippen LogP contribution in [0.2, 0.25) is 4.34 Å². The maximum Gasteiger partial charge on any atom is 0.191 e. The summed E-state index contributed by atoms with van der Waals surface area (Å²) in [7, 11) is 0. The van der Waals surface area contributed by atoms with E-state index in [4.69, 9.17) is 17.3 Å². The summed E-state index contributed by atoms with van der Waals surface area (Å²) in [6.45, 7) is 2.86. The molecule has 17 heavy (non-hydrogen) atoms. The van der Waals surface area contributed by atoms with Crippen molar-refractivity contribution < 1.29 is 0 Å². The van der Waals surface area contributed by atoms with Crippen molar-refractivity contribution in [2.75, 3.05) is 19.6 Å². The van der Waals surface area contributed by atoms with E-state index in [1.54, 1.807) is 11.3 Å². The van der Waals surface area contributed by atoms with Crippen molar-refractivity contribution in [3.8, 4) is 0 Å². The molecule has 3 nitrogen and oxygen atoms in total. The fraction of sp³-hybridized carbons (Fsp3) is 0.583. The van der Waals surface area contributed by atoms with Crippen molar-refractivity contribution in [2.24, 2.45) is 10.7 Å². The first kappa shape index (κ1) is 12.7. The number of hydrogen-bond donors (Lipinski definition) is 1. The highest BCUT2D eigenvalue weighted by Crippen LogP contribution is 2.21. The van der Waals surface area contributed by atoms with Gasteiger partial charge in [0.05, 0.1) is 4.34 Å². The highest BCUT2D eigenvalue weighted by molar-refractivity contribution is 7.16. The Morgan fingerprint density at radius 2 is 2.12 bits per heavy atom. The molecule has 2 N–H and O–H groups in total. The standard InChI is InChI=1S/C12H18ClN3S/c13-11-5-4-10(17-11)6-7-15-12(14)16-8-2-1-3-9-16/h4-5H,1-3,6-9H2,(H2,14,15). The lowest BCUT2D eigenvalue weighted by Crippen LogP contribution is -2.41. The number of nitrogens with two attached hydrogens (primary N) is 1. The van der Waals surface area contributed by atoms with Gasteiger partial charge in [0.2, 0.25) is 0 Å². The van der Waals surface area contributed by atoms with Gasteiger partial charge in [0.25, 0.3) is 0 Å². The summed E-state index contributed by atoms with van der Waals surface area (Å²) in [6, 6.07) is 3.98. The minimum atomic E-state index is 0.701. The average Bonchev–Trinajstić information content (AvgIpc) is 2.76. The molecule has 0 radical (unpaired) electrons. The summed E-state index contributed by atoms with van der Waals surface area (Å²) < 4.78 is 0.841. The first-order valence-electron chi connectivity index (χ1n) is 6.05. The van der Waals surface area contributed by atoms with E-state index in [1.807, 2.05) is 6.07 Å². The molecule has 0 aromatic carbocycles. The van der Waals surface area contributed by atoms with Gasteiger partial charge in [-0.05, 0) is 31.4 Å². The predicted octanol–water partition coefficient (Wildman–Crippen LogP) is 2.74. The van der Waals surface area contributed by atoms with E-state index in [9.17, 15) is 0 Å². The first-order valence-corrected chi connectivity index (χ1v) is 7.24. The van der Waals surface area contributed by atoms with Crippen LogP contribution >= 0.6 is 22.9 Å². The Morgan fingerprint density at radius 1 is 1.35 bits per heavy atom. The van der Waals surface area contributed by atoms with Crippen molar-refractivity contribution in [3.63, 3.8) is 0 Å². The number of aliphatic imine (C=N–C) groups is 1. The number of hydrogen-bond acceptors (Lipinski definition) is 2. The lowest BCUT2D eigenvalue weighted by atomic mass is 10.1. The zero-order valence-electron chi connectivity index (χ0n) is 9.86. The minimum Gasteiger partial charge on any atom is -0.370 e. The van der Waals surface area contributed by atoms with Gasteiger partial charge in [-0.25, -0.2) is 0 Å². The van der Waals surface area contributed by atoms with Crippen molar-refractivity contribution in [1.29, 1.82) is 0 Å². The molecule has 2 rings (SSSR count). The van der Waals surface area contributed by atoms with Crippen molar-refractivity contribution in [3.05, 3.63) is 21.3 Å². The number of guanidine groups is 1. The fourth-order valence-corrected chi connectivity index (χ4v) is 3.07. The monoisotopic (exact) mass is 271 g/mol. The molecule has 0 amide bonds. The molecule has 5 heteroatoms. The van der Waals surface area contributed by atoms with Gasteiger partial charge < -0.3 is 10.6 Å². The molecular formula is C12H18ClN3S. The minimum absolute atomic E-state index is 0.701. The normalized spacial score (nSPS) is 17.5. The van der Waals surface area contributed by atoms with Gasteiger partial charge in [-0.15, -0.1) is 11.3 Å². The fourth-order valence-electron chi connectivity index (χ4n) is 1.99. The van der Waals surface area contributed by atoms with E-state index in [1.165, 1.54) is 24.1 Å². The smallest absolute Gasteiger partial charge is 0.191 e. The Balaban J connectivity index is 1.79. The Kier molecular flexibility index (Phi) is 4.68. The molecule has 1 aliphatic rings. The third-order valence-corrected chi connectivity index (χ3v) is 4.23.